The second kappa shape index (κ2) is 8.76. The van der Waals surface area contributed by atoms with Gasteiger partial charge in [0.1, 0.15) is 8.07 Å². The number of rotatable bonds is 6. The summed E-state index contributed by atoms with van der Waals surface area (Å²) in [7, 11) is -1.41. The molecule has 0 aromatic carbocycles. The second-order valence-corrected chi connectivity index (χ2v) is 9.90. The maximum Gasteiger partial charge on any atom is 0.320 e. The minimum Gasteiger partial charge on any atom is -0.465 e. The fraction of sp³-hybridized carbons (Fsp3) is 0.714. The van der Waals surface area contributed by atoms with Gasteiger partial charge in [-0.1, -0.05) is 19.6 Å². The van der Waals surface area contributed by atoms with E-state index in [2.05, 4.69) is 31.1 Å². The summed E-state index contributed by atoms with van der Waals surface area (Å²) >= 11 is 0. The van der Waals surface area contributed by atoms with Gasteiger partial charge in [0.25, 0.3) is 0 Å². The van der Waals surface area contributed by atoms with Crippen LogP contribution in [0.2, 0.25) is 19.6 Å². The summed E-state index contributed by atoms with van der Waals surface area (Å²) in [5, 5.41) is 0. The average Bonchev–Trinajstić information content (AvgIpc) is 2.27. The van der Waals surface area contributed by atoms with Crippen LogP contribution in [-0.4, -0.2) is 33.2 Å². The molecule has 0 heterocycles. The van der Waals surface area contributed by atoms with Crippen LogP contribution >= 0.6 is 0 Å². The number of hydrogen-bond donors (Lipinski definition) is 0. The summed E-state index contributed by atoms with van der Waals surface area (Å²) in [6, 6.07) is 0. The highest BCUT2D eigenvalue weighted by Gasteiger charge is 2.28. The van der Waals surface area contributed by atoms with Crippen molar-refractivity contribution in [3.63, 3.8) is 0 Å². The highest BCUT2D eigenvalue weighted by atomic mass is 28.3. The lowest BCUT2D eigenvalue weighted by molar-refractivity contribution is -0.161. The van der Waals surface area contributed by atoms with Gasteiger partial charge in [-0.25, -0.2) is 0 Å². The summed E-state index contributed by atoms with van der Waals surface area (Å²) in [4.78, 5) is 23.4. The predicted molar refractivity (Wildman–Crippen MR) is 77.1 cm³/mol. The minimum absolute atomic E-state index is 0.259. The van der Waals surface area contributed by atoms with Crippen molar-refractivity contribution in [2.24, 2.45) is 5.92 Å². The molecule has 0 bridgehead atoms. The first kappa shape index (κ1) is 17.7. The maximum absolute atomic E-state index is 11.7. The van der Waals surface area contributed by atoms with Crippen LogP contribution in [0.1, 0.15) is 26.7 Å². The number of esters is 2. The molecule has 4 nitrogen and oxygen atoms in total. The SMILES string of the molecule is CCOC(=O)C(CCC#C[Si](C)(C)C)C(=O)OCC. The highest BCUT2D eigenvalue weighted by molar-refractivity contribution is 6.83. The van der Waals surface area contributed by atoms with Gasteiger partial charge in [0.05, 0.1) is 13.2 Å². The van der Waals surface area contributed by atoms with Crippen LogP contribution in [0.15, 0.2) is 0 Å². The fourth-order valence-electron chi connectivity index (χ4n) is 1.36. The van der Waals surface area contributed by atoms with Gasteiger partial charge in [0.15, 0.2) is 5.92 Å². The number of hydrogen-bond acceptors (Lipinski definition) is 4. The quantitative estimate of drug-likeness (QED) is 0.325. The average molecular weight is 284 g/mol. The monoisotopic (exact) mass is 284 g/mol. The Hall–Kier alpha value is -1.28. The van der Waals surface area contributed by atoms with Crippen LogP contribution < -0.4 is 0 Å². The Morgan fingerprint density at radius 2 is 1.53 bits per heavy atom. The molecule has 0 atom stereocenters. The van der Waals surface area contributed by atoms with Crippen molar-refractivity contribution in [1.82, 2.24) is 0 Å². The van der Waals surface area contributed by atoms with E-state index in [0.717, 1.165) is 0 Å². The zero-order valence-corrected chi connectivity index (χ0v) is 13.5. The van der Waals surface area contributed by atoms with Gasteiger partial charge in [-0.15, -0.1) is 11.5 Å². The van der Waals surface area contributed by atoms with Crippen molar-refractivity contribution in [2.75, 3.05) is 13.2 Å². The van der Waals surface area contributed by atoms with E-state index in [1.54, 1.807) is 13.8 Å². The molecule has 0 aromatic rings. The molecule has 5 heteroatoms. The highest BCUT2D eigenvalue weighted by Crippen LogP contribution is 2.11. The molecule has 0 spiro atoms. The van der Waals surface area contributed by atoms with Crippen molar-refractivity contribution >= 4 is 20.0 Å². The topological polar surface area (TPSA) is 52.6 Å². The Kier molecular flexibility index (Phi) is 8.16. The van der Waals surface area contributed by atoms with Crippen LogP contribution in [0.25, 0.3) is 0 Å². The number of ether oxygens (including phenoxy) is 2. The van der Waals surface area contributed by atoms with E-state index in [0.29, 0.717) is 12.8 Å². The molecule has 19 heavy (non-hydrogen) atoms. The van der Waals surface area contributed by atoms with Crippen LogP contribution in [0, 0.1) is 17.4 Å². The van der Waals surface area contributed by atoms with Gasteiger partial charge in [-0.2, -0.15) is 0 Å². The Labute approximate surface area is 116 Å². The molecule has 0 unspecified atom stereocenters. The first-order valence-electron chi connectivity index (χ1n) is 6.65. The van der Waals surface area contributed by atoms with E-state index in [4.69, 9.17) is 9.47 Å². The van der Waals surface area contributed by atoms with Crippen molar-refractivity contribution in [2.45, 2.75) is 46.3 Å². The molecular weight excluding hydrogens is 260 g/mol. The largest absolute Gasteiger partial charge is 0.465 e. The maximum atomic E-state index is 11.7. The normalized spacial score (nSPS) is 10.6. The lowest BCUT2D eigenvalue weighted by Gasteiger charge is -2.13. The molecule has 0 fully saturated rings. The molecule has 108 valence electrons. The van der Waals surface area contributed by atoms with Crippen molar-refractivity contribution in [3.8, 4) is 11.5 Å². The summed E-state index contributed by atoms with van der Waals surface area (Å²) < 4.78 is 9.78. The van der Waals surface area contributed by atoms with E-state index in [9.17, 15) is 9.59 Å². The molecule has 0 aliphatic rings. The molecule has 0 rings (SSSR count). The minimum atomic E-state index is -1.41. The molecule has 0 N–H and O–H groups in total. The molecule has 0 aliphatic heterocycles. The van der Waals surface area contributed by atoms with Crippen LogP contribution in [0.3, 0.4) is 0 Å². The van der Waals surface area contributed by atoms with Gasteiger partial charge in [-0.05, 0) is 20.3 Å². The molecule has 0 amide bonds. The molecule has 0 radical (unpaired) electrons. The Balaban J connectivity index is 4.54. The third-order valence-electron chi connectivity index (χ3n) is 2.16. The summed E-state index contributed by atoms with van der Waals surface area (Å²) in [6.07, 6.45) is 0.863. The standard InChI is InChI=1S/C14H24O4Si/c1-6-17-13(15)12(14(16)18-7-2)10-8-9-11-19(3,4)5/h12H,6-8,10H2,1-5H3. The van der Waals surface area contributed by atoms with Crippen molar-refractivity contribution in [1.29, 1.82) is 0 Å². The van der Waals surface area contributed by atoms with Gasteiger partial charge in [0, 0.05) is 6.42 Å². The second-order valence-electron chi connectivity index (χ2n) is 5.15. The summed E-state index contributed by atoms with van der Waals surface area (Å²) in [5.74, 6) is 1.16. The lowest BCUT2D eigenvalue weighted by atomic mass is 10.0. The van der Waals surface area contributed by atoms with Gasteiger partial charge >= 0.3 is 11.9 Å². The zero-order chi connectivity index (χ0) is 14.9. The fourth-order valence-corrected chi connectivity index (χ4v) is 2.02. The van der Waals surface area contributed by atoms with Crippen molar-refractivity contribution in [3.05, 3.63) is 0 Å². The molecule has 0 saturated heterocycles. The third kappa shape index (κ3) is 8.44. The van der Waals surface area contributed by atoms with Crippen LogP contribution in [0.5, 0.6) is 0 Å². The number of carbonyl (C=O) groups excluding carboxylic acids is 2. The van der Waals surface area contributed by atoms with E-state index in [1.807, 2.05) is 0 Å². The van der Waals surface area contributed by atoms with E-state index in [1.165, 1.54) is 0 Å². The van der Waals surface area contributed by atoms with Gasteiger partial charge in [0.2, 0.25) is 0 Å². The van der Waals surface area contributed by atoms with Crippen LogP contribution in [-0.2, 0) is 19.1 Å². The Morgan fingerprint density at radius 1 is 1.05 bits per heavy atom. The Bertz CT molecular complexity index is 342. The van der Waals surface area contributed by atoms with Gasteiger partial charge in [-0.3, -0.25) is 9.59 Å². The Morgan fingerprint density at radius 3 is 1.89 bits per heavy atom. The smallest absolute Gasteiger partial charge is 0.320 e. The predicted octanol–water partition coefficient (Wildman–Crippen LogP) is 2.39. The third-order valence-corrected chi connectivity index (χ3v) is 3.09. The first-order valence-corrected chi connectivity index (χ1v) is 10.1. The zero-order valence-electron chi connectivity index (χ0n) is 12.5. The number of carbonyl (C=O) groups is 2. The summed E-state index contributed by atoms with van der Waals surface area (Å²) in [6.45, 7) is 10.4. The van der Waals surface area contributed by atoms with E-state index in [-0.39, 0.29) is 13.2 Å². The molecule has 0 aliphatic carbocycles. The van der Waals surface area contributed by atoms with E-state index >= 15 is 0 Å². The van der Waals surface area contributed by atoms with Crippen LogP contribution in [0.4, 0.5) is 0 Å². The molecule has 0 saturated carbocycles. The lowest BCUT2D eigenvalue weighted by Crippen LogP contribution is -2.28. The molecular formula is C14H24O4Si. The van der Waals surface area contributed by atoms with Crippen molar-refractivity contribution < 1.29 is 19.1 Å². The van der Waals surface area contributed by atoms with E-state index < -0.39 is 25.9 Å². The first-order chi connectivity index (χ1) is 8.81. The summed E-state index contributed by atoms with van der Waals surface area (Å²) in [5.41, 5.74) is 3.20. The van der Waals surface area contributed by atoms with Gasteiger partial charge < -0.3 is 9.47 Å². The molecule has 0 aromatic heterocycles.